The lowest BCUT2D eigenvalue weighted by atomic mass is 9.94. The predicted octanol–water partition coefficient (Wildman–Crippen LogP) is 5.44. The summed E-state index contributed by atoms with van der Waals surface area (Å²) in [4.78, 5) is 27.8. The zero-order valence-electron chi connectivity index (χ0n) is 18.8. The number of hydrogen-bond acceptors (Lipinski definition) is 5. The second kappa shape index (κ2) is 9.48. The molecule has 2 N–H and O–H groups in total. The third-order valence-electron chi connectivity index (χ3n) is 6.20. The van der Waals surface area contributed by atoms with Gasteiger partial charge in [0.05, 0.1) is 23.2 Å². The fourth-order valence-electron chi connectivity index (χ4n) is 4.56. The van der Waals surface area contributed by atoms with E-state index in [0.29, 0.717) is 29.4 Å². The molecule has 4 rings (SSSR count). The fourth-order valence-corrected chi connectivity index (χ4v) is 4.75. The van der Waals surface area contributed by atoms with Gasteiger partial charge in [0, 0.05) is 11.6 Å². The number of likely N-dealkylation sites (tertiary alicyclic amines) is 1. The van der Waals surface area contributed by atoms with Crippen molar-refractivity contribution in [1.82, 2.24) is 4.90 Å². The average molecular weight is 470 g/mol. The van der Waals surface area contributed by atoms with E-state index in [1.165, 1.54) is 6.07 Å². The minimum absolute atomic E-state index is 0.0319. The Hall–Kier alpha value is -2.99. The highest BCUT2D eigenvalue weighted by Gasteiger charge is 2.49. The first-order valence-electron chi connectivity index (χ1n) is 11.3. The molecule has 1 atom stereocenters. The number of carbonyl (C=O) groups excluding carboxylic acids is 2. The van der Waals surface area contributed by atoms with Gasteiger partial charge in [0.15, 0.2) is 0 Å². The number of halogens is 1. The van der Waals surface area contributed by atoms with Crippen molar-refractivity contribution in [2.75, 3.05) is 6.61 Å². The molecule has 1 saturated carbocycles. The Morgan fingerprint density at radius 2 is 1.79 bits per heavy atom. The Bertz CT molecular complexity index is 1090. The number of amides is 1. The maximum absolute atomic E-state index is 13.2. The summed E-state index contributed by atoms with van der Waals surface area (Å²) in [6.07, 6.45) is 3.57. The van der Waals surface area contributed by atoms with Gasteiger partial charge in [-0.05, 0) is 60.7 Å². The first-order chi connectivity index (χ1) is 15.8. The molecule has 2 aliphatic rings. The lowest BCUT2D eigenvalue weighted by Crippen LogP contribution is -2.37. The van der Waals surface area contributed by atoms with Crippen molar-refractivity contribution >= 4 is 29.1 Å². The van der Waals surface area contributed by atoms with Crippen LogP contribution < -0.4 is 4.74 Å². The molecule has 1 heterocycles. The molecule has 2 fully saturated rings. The molecule has 1 saturated heterocycles. The van der Waals surface area contributed by atoms with E-state index in [9.17, 15) is 19.8 Å². The van der Waals surface area contributed by atoms with Crippen LogP contribution in [0.3, 0.4) is 0 Å². The number of aliphatic hydroxyl groups is 1. The van der Waals surface area contributed by atoms with Crippen LogP contribution in [0.25, 0.3) is 5.76 Å². The number of phenolic OH excluding ortho intramolecular Hbond substituents is 1. The molecule has 2 aromatic rings. The number of carbonyl (C=O) groups is 2. The van der Waals surface area contributed by atoms with E-state index in [2.05, 4.69) is 13.8 Å². The van der Waals surface area contributed by atoms with Crippen LogP contribution in [0.5, 0.6) is 11.5 Å². The number of ketones is 1. The van der Waals surface area contributed by atoms with Gasteiger partial charge in [-0.3, -0.25) is 9.59 Å². The second-order valence-corrected chi connectivity index (χ2v) is 9.49. The van der Waals surface area contributed by atoms with Crippen LogP contribution in [0.1, 0.15) is 56.7 Å². The number of aliphatic hydroxyl groups excluding tert-OH is 1. The molecule has 1 amide bonds. The molecule has 1 aliphatic carbocycles. The first kappa shape index (κ1) is 23.2. The van der Waals surface area contributed by atoms with Crippen molar-refractivity contribution in [3.63, 3.8) is 0 Å². The Morgan fingerprint density at radius 3 is 2.39 bits per heavy atom. The Labute approximate surface area is 198 Å². The highest BCUT2D eigenvalue weighted by atomic mass is 35.5. The van der Waals surface area contributed by atoms with Crippen LogP contribution in [0, 0.1) is 5.92 Å². The molecular formula is C26H28ClNO5. The number of Topliss-reactive ketones (excluding diaryl/α,β-unsaturated/α-hetero) is 1. The van der Waals surface area contributed by atoms with Gasteiger partial charge in [-0.1, -0.05) is 44.4 Å². The van der Waals surface area contributed by atoms with Crippen LogP contribution in [-0.4, -0.2) is 39.5 Å². The van der Waals surface area contributed by atoms with E-state index in [-0.39, 0.29) is 28.1 Å². The summed E-state index contributed by atoms with van der Waals surface area (Å²) in [6.45, 7) is 4.68. The van der Waals surface area contributed by atoms with Crippen LogP contribution in [0.2, 0.25) is 5.02 Å². The molecular weight excluding hydrogens is 442 g/mol. The monoisotopic (exact) mass is 469 g/mol. The number of rotatable bonds is 6. The SMILES string of the molecule is CC(C)COc1ccc(/C(O)=C2/C(=O)C(=O)N(C3CCCC3)C2c2ccc(O)c(Cl)c2)cc1. The van der Waals surface area contributed by atoms with Gasteiger partial charge in [-0.25, -0.2) is 0 Å². The van der Waals surface area contributed by atoms with Crippen LogP contribution in [0.15, 0.2) is 48.0 Å². The van der Waals surface area contributed by atoms with E-state index in [1.54, 1.807) is 41.3 Å². The second-order valence-electron chi connectivity index (χ2n) is 9.08. The van der Waals surface area contributed by atoms with Gasteiger partial charge in [0.1, 0.15) is 17.3 Å². The Balaban J connectivity index is 1.77. The Kier molecular flexibility index (Phi) is 6.66. The smallest absolute Gasteiger partial charge is 0.295 e. The van der Waals surface area contributed by atoms with Crippen LogP contribution in [0.4, 0.5) is 0 Å². The molecule has 33 heavy (non-hydrogen) atoms. The fraction of sp³-hybridized carbons (Fsp3) is 0.385. The Morgan fingerprint density at radius 1 is 1.12 bits per heavy atom. The molecule has 1 aliphatic heterocycles. The lowest BCUT2D eigenvalue weighted by Gasteiger charge is -2.31. The molecule has 2 aromatic carbocycles. The van der Waals surface area contributed by atoms with E-state index < -0.39 is 17.7 Å². The van der Waals surface area contributed by atoms with E-state index in [0.717, 1.165) is 25.7 Å². The minimum Gasteiger partial charge on any atom is -0.507 e. The molecule has 0 bridgehead atoms. The van der Waals surface area contributed by atoms with Gasteiger partial charge in [0.25, 0.3) is 11.7 Å². The number of phenols is 1. The molecule has 7 heteroatoms. The molecule has 6 nitrogen and oxygen atoms in total. The van der Waals surface area contributed by atoms with Crippen molar-refractivity contribution in [2.24, 2.45) is 5.92 Å². The standard InChI is InChI=1S/C26H28ClNO5/c1-15(2)14-33-19-10-7-16(8-11-19)24(30)22-23(17-9-12-21(29)20(27)13-17)28(26(32)25(22)31)18-5-3-4-6-18/h7-13,15,18,23,29-30H,3-6,14H2,1-2H3/b24-22-. The van der Waals surface area contributed by atoms with E-state index in [1.807, 2.05) is 0 Å². The number of ether oxygens (including phenoxy) is 1. The van der Waals surface area contributed by atoms with Gasteiger partial charge in [-0.15, -0.1) is 0 Å². The highest BCUT2D eigenvalue weighted by molar-refractivity contribution is 6.46. The lowest BCUT2D eigenvalue weighted by molar-refractivity contribution is -0.141. The van der Waals surface area contributed by atoms with Gasteiger partial charge < -0.3 is 19.8 Å². The summed E-state index contributed by atoms with van der Waals surface area (Å²) in [5.41, 5.74) is 1.03. The molecule has 174 valence electrons. The average Bonchev–Trinajstić information content (AvgIpc) is 3.41. The maximum Gasteiger partial charge on any atom is 0.295 e. The topological polar surface area (TPSA) is 87.1 Å². The summed E-state index contributed by atoms with van der Waals surface area (Å²) in [6, 6.07) is 10.6. The summed E-state index contributed by atoms with van der Waals surface area (Å²) >= 11 is 6.16. The summed E-state index contributed by atoms with van der Waals surface area (Å²) < 4.78 is 5.70. The van der Waals surface area contributed by atoms with Gasteiger partial charge >= 0.3 is 0 Å². The van der Waals surface area contributed by atoms with E-state index in [4.69, 9.17) is 16.3 Å². The molecule has 1 unspecified atom stereocenters. The minimum atomic E-state index is -0.775. The third kappa shape index (κ3) is 4.58. The zero-order chi connectivity index (χ0) is 23.7. The van der Waals surface area contributed by atoms with Gasteiger partial charge in [0.2, 0.25) is 0 Å². The van der Waals surface area contributed by atoms with Crippen LogP contribution >= 0.6 is 11.6 Å². The van der Waals surface area contributed by atoms with Crippen molar-refractivity contribution in [1.29, 1.82) is 0 Å². The summed E-state index contributed by atoms with van der Waals surface area (Å²) in [5.74, 6) is -0.618. The molecule has 0 aromatic heterocycles. The number of hydrogen-bond donors (Lipinski definition) is 2. The van der Waals surface area contributed by atoms with Crippen molar-refractivity contribution in [3.8, 4) is 11.5 Å². The predicted molar refractivity (Wildman–Crippen MR) is 126 cm³/mol. The maximum atomic E-state index is 13.2. The highest BCUT2D eigenvalue weighted by Crippen LogP contribution is 2.44. The van der Waals surface area contributed by atoms with Crippen LogP contribution in [-0.2, 0) is 9.59 Å². The quantitative estimate of drug-likeness (QED) is 0.334. The molecule has 0 spiro atoms. The van der Waals surface area contributed by atoms with Crippen molar-refractivity contribution in [2.45, 2.75) is 51.6 Å². The number of aromatic hydroxyl groups is 1. The zero-order valence-corrected chi connectivity index (χ0v) is 19.5. The summed E-state index contributed by atoms with van der Waals surface area (Å²) in [7, 11) is 0. The van der Waals surface area contributed by atoms with Gasteiger partial charge in [-0.2, -0.15) is 0 Å². The van der Waals surface area contributed by atoms with E-state index >= 15 is 0 Å². The first-order valence-corrected chi connectivity index (χ1v) is 11.7. The molecule has 0 radical (unpaired) electrons. The van der Waals surface area contributed by atoms with Crippen molar-refractivity contribution in [3.05, 3.63) is 64.2 Å². The third-order valence-corrected chi connectivity index (χ3v) is 6.50. The largest absolute Gasteiger partial charge is 0.507 e. The normalized spacial score (nSPS) is 20.7. The summed E-state index contributed by atoms with van der Waals surface area (Å²) in [5, 5.41) is 21.2. The van der Waals surface area contributed by atoms with Crippen molar-refractivity contribution < 1.29 is 24.5 Å². The number of nitrogens with zero attached hydrogens (tertiary/aromatic N) is 1. The number of benzene rings is 2.